The minimum atomic E-state index is -0.660. The van der Waals surface area contributed by atoms with Crippen molar-refractivity contribution in [3.63, 3.8) is 0 Å². The van der Waals surface area contributed by atoms with Gasteiger partial charge in [0.05, 0.1) is 12.0 Å². The van der Waals surface area contributed by atoms with Crippen LogP contribution in [0.2, 0.25) is 0 Å². The Balaban J connectivity index is 1.78. The molecule has 2 N–H and O–H groups in total. The van der Waals surface area contributed by atoms with Crippen molar-refractivity contribution in [1.82, 2.24) is 5.48 Å². The highest BCUT2D eigenvalue weighted by atomic mass is 16.8. The van der Waals surface area contributed by atoms with Gasteiger partial charge in [0, 0.05) is 6.08 Å². The third-order valence-electron chi connectivity index (χ3n) is 5.30. The van der Waals surface area contributed by atoms with Gasteiger partial charge in [-0.1, -0.05) is 51.0 Å². The summed E-state index contributed by atoms with van der Waals surface area (Å²) < 4.78 is 5.41. The van der Waals surface area contributed by atoms with E-state index in [2.05, 4.69) is 5.48 Å². The van der Waals surface area contributed by atoms with E-state index in [0.29, 0.717) is 18.9 Å². The summed E-state index contributed by atoms with van der Waals surface area (Å²) in [4.78, 5) is 28.6. The van der Waals surface area contributed by atoms with Crippen LogP contribution in [0.3, 0.4) is 0 Å². The molecule has 6 nitrogen and oxygen atoms in total. The fourth-order valence-corrected chi connectivity index (χ4v) is 3.51. The van der Waals surface area contributed by atoms with Crippen molar-refractivity contribution in [2.24, 2.45) is 11.3 Å². The molecular formula is C23H33NO5. The quantitative estimate of drug-likeness (QED) is 0.326. The predicted molar refractivity (Wildman–Crippen MR) is 112 cm³/mol. The molecule has 0 bridgehead atoms. The summed E-state index contributed by atoms with van der Waals surface area (Å²) in [5, 5.41) is 9.57. The number of carboxylic acid groups (broad SMARTS) is 1. The summed E-state index contributed by atoms with van der Waals surface area (Å²) in [5.41, 5.74) is 3.80. The molecule has 0 spiro atoms. The number of hydrogen-bond donors (Lipinski definition) is 2. The largest absolute Gasteiger partial charge is 0.481 e. The lowest BCUT2D eigenvalue weighted by Gasteiger charge is -2.23. The van der Waals surface area contributed by atoms with E-state index in [1.165, 1.54) is 6.08 Å². The fraction of sp³-hybridized carbons (Fsp3) is 0.565. The number of benzene rings is 1. The van der Waals surface area contributed by atoms with Crippen LogP contribution in [-0.2, 0) is 25.6 Å². The van der Waals surface area contributed by atoms with E-state index in [1.807, 2.05) is 38.1 Å². The third kappa shape index (κ3) is 7.63. The first kappa shape index (κ1) is 23.1. The van der Waals surface area contributed by atoms with Crippen LogP contribution in [0.15, 0.2) is 30.3 Å². The fourth-order valence-electron chi connectivity index (χ4n) is 3.51. The van der Waals surface area contributed by atoms with Crippen molar-refractivity contribution >= 4 is 18.0 Å². The number of nitrogens with one attached hydrogen (secondary N) is 1. The zero-order valence-electron chi connectivity index (χ0n) is 17.6. The summed E-state index contributed by atoms with van der Waals surface area (Å²) in [7, 11) is 0. The molecule has 6 heteroatoms. The molecule has 160 valence electrons. The number of ether oxygens (including phenoxy) is 1. The first-order chi connectivity index (χ1) is 13.8. The van der Waals surface area contributed by atoms with Crippen LogP contribution in [0.4, 0.5) is 0 Å². The van der Waals surface area contributed by atoms with E-state index < -0.39 is 17.7 Å². The second kappa shape index (κ2) is 11.1. The SMILES string of the molecule is CC(C)COC(C)ONC(=O)/C=C/c1ccc(CCC2(C(=O)O)CCCC2)cc1. The van der Waals surface area contributed by atoms with Gasteiger partial charge in [-0.05, 0) is 55.7 Å². The zero-order valence-corrected chi connectivity index (χ0v) is 17.6. The maximum Gasteiger partial charge on any atom is 0.309 e. The number of rotatable bonds is 11. The van der Waals surface area contributed by atoms with Gasteiger partial charge in [-0.15, -0.1) is 0 Å². The van der Waals surface area contributed by atoms with Crippen molar-refractivity contribution in [1.29, 1.82) is 0 Å². The van der Waals surface area contributed by atoms with Crippen molar-refractivity contribution < 1.29 is 24.3 Å². The van der Waals surface area contributed by atoms with Crippen molar-refractivity contribution in [3.05, 3.63) is 41.5 Å². The number of aryl methyl sites for hydroxylation is 1. The first-order valence-electron chi connectivity index (χ1n) is 10.4. The van der Waals surface area contributed by atoms with Gasteiger partial charge in [0.1, 0.15) is 0 Å². The van der Waals surface area contributed by atoms with E-state index in [1.54, 1.807) is 13.0 Å². The number of hydroxylamine groups is 1. The topological polar surface area (TPSA) is 84.9 Å². The second-order valence-electron chi connectivity index (χ2n) is 8.25. The molecular weight excluding hydrogens is 370 g/mol. The Kier molecular flexibility index (Phi) is 8.86. The molecule has 1 aliphatic rings. The molecule has 1 unspecified atom stereocenters. The molecule has 1 fully saturated rings. The molecule has 1 atom stereocenters. The van der Waals surface area contributed by atoms with Gasteiger partial charge in [0.2, 0.25) is 0 Å². The van der Waals surface area contributed by atoms with E-state index in [4.69, 9.17) is 9.57 Å². The van der Waals surface area contributed by atoms with Crippen molar-refractivity contribution in [3.8, 4) is 0 Å². The minimum absolute atomic E-state index is 0.362. The second-order valence-corrected chi connectivity index (χ2v) is 8.25. The molecule has 1 saturated carbocycles. The highest BCUT2D eigenvalue weighted by Crippen LogP contribution is 2.42. The smallest absolute Gasteiger partial charge is 0.309 e. The van der Waals surface area contributed by atoms with Gasteiger partial charge in [-0.3, -0.25) is 9.59 Å². The van der Waals surface area contributed by atoms with Gasteiger partial charge >= 0.3 is 5.97 Å². The highest BCUT2D eigenvalue weighted by molar-refractivity contribution is 5.90. The number of aliphatic carboxylic acids is 1. The molecule has 1 amide bonds. The Bertz CT molecular complexity index is 690. The maximum atomic E-state index is 11.8. The number of amides is 1. The van der Waals surface area contributed by atoms with E-state index in [0.717, 1.165) is 43.2 Å². The highest BCUT2D eigenvalue weighted by Gasteiger charge is 2.40. The number of carbonyl (C=O) groups excluding carboxylic acids is 1. The molecule has 29 heavy (non-hydrogen) atoms. The van der Waals surface area contributed by atoms with Crippen LogP contribution in [0.25, 0.3) is 6.08 Å². The molecule has 0 heterocycles. The summed E-state index contributed by atoms with van der Waals surface area (Å²) in [6.07, 6.45) is 7.59. The van der Waals surface area contributed by atoms with Crippen LogP contribution < -0.4 is 5.48 Å². The van der Waals surface area contributed by atoms with Crippen molar-refractivity contribution in [2.45, 2.75) is 65.6 Å². The molecule has 0 aromatic heterocycles. The Morgan fingerprint density at radius 3 is 2.41 bits per heavy atom. The predicted octanol–water partition coefficient (Wildman–Crippen LogP) is 4.34. The van der Waals surface area contributed by atoms with Gasteiger partial charge in [-0.25, -0.2) is 10.3 Å². The summed E-state index contributed by atoms with van der Waals surface area (Å²) in [6, 6.07) is 7.83. The molecule has 1 aliphatic carbocycles. The third-order valence-corrected chi connectivity index (χ3v) is 5.30. The molecule has 0 radical (unpaired) electrons. The number of carboxylic acids is 1. The Labute approximate surface area is 173 Å². The van der Waals surface area contributed by atoms with Crippen LogP contribution >= 0.6 is 0 Å². The number of hydrogen-bond acceptors (Lipinski definition) is 4. The van der Waals surface area contributed by atoms with Gasteiger partial charge in [-0.2, -0.15) is 0 Å². The maximum absolute atomic E-state index is 11.8. The van der Waals surface area contributed by atoms with Crippen LogP contribution in [-0.4, -0.2) is 29.9 Å². The molecule has 1 aromatic carbocycles. The lowest BCUT2D eigenvalue weighted by atomic mass is 9.80. The van der Waals surface area contributed by atoms with E-state index in [-0.39, 0.29) is 5.91 Å². The van der Waals surface area contributed by atoms with Crippen LogP contribution in [0.5, 0.6) is 0 Å². The lowest BCUT2D eigenvalue weighted by molar-refractivity contribution is -0.180. The van der Waals surface area contributed by atoms with Gasteiger partial charge in [0.25, 0.3) is 5.91 Å². The average molecular weight is 404 g/mol. The summed E-state index contributed by atoms with van der Waals surface area (Å²) in [5.74, 6) is -0.627. The van der Waals surface area contributed by atoms with Crippen molar-refractivity contribution in [2.75, 3.05) is 6.61 Å². The van der Waals surface area contributed by atoms with Gasteiger partial charge in [0.15, 0.2) is 6.29 Å². The molecule has 0 aliphatic heterocycles. The average Bonchev–Trinajstić information content (AvgIpc) is 3.19. The number of carbonyl (C=O) groups is 2. The van der Waals surface area contributed by atoms with E-state index >= 15 is 0 Å². The Hall–Kier alpha value is -2.18. The van der Waals surface area contributed by atoms with Crippen LogP contribution in [0, 0.1) is 11.3 Å². The lowest BCUT2D eigenvalue weighted by Crippen LogP contribution is -2.29. The Morgan fingerprint density at radius 1 is 1.17 bits per heavy atom. The standard InChI is InChI=1S/C23H33NO5/c1-17(2)16-28-18(3)29-24-21(25)11-10-19-6-8-20(9-7-19)12-15-23(22(26)27)13-4-5-14-23/h6-11,17-18H,4-5,12-16H2,1-3H3,(H,24,25)(H,26,27)/b11-10+. The minimum Gasteiger partial charge on any atom is -0.481 e. The normalized spacial score (nSPS) is 17.0. The molecule has 2 rings (SSSR count). The monoisotopic (exact) mass is 403 g/mol. The first-order valence-corrected chi connectivity index (χ1v) is 10.4. The van der Waals surface area contributed by atoms with Gasteiger partial charge < -0.3 is 9.84 Å². The van der Waals surface area contributed by atoms with E-state index in [9.17, 15) is 14.7 Å². The molecule has 0 saturated heterocycles. The summed E-state index contributed by atoms with van der Waals surface area (Å²) in [6.45, 7) is 6.37. The van der Waals surface area contributed by atoms with Crippen LogP contribution in [0.1, 0.15) is 64.0 Å². The molecule has 1 aromatic rings. The zero-order chi connectivity index (χ0) is 21.3. The summed E-state index contributed by atoms with van der Waals surface area (Å²) >= 11 is 0. The Morgan fingerprint density at radius 2 is 1.83 bits per heavy atom.